The molecule has 0 spiro atoms. The SMILES string of the molecule is C=C/C=C\C1=C(C(C)/C=C/C(=O)C2=CC=CCC=C2OCC)C=CCC=C1. The highest BCUT2D eigenvalue weighted by Gasteiger charge is 2.15. The Labute approximate surface area is 163 Å². The largest absolute Gasteiger partial charge is 0.493 e. The van der Waals surface area contributed by atoms with Crippen LogP contribution >= 0.6 is 0 Å². The van der Waals surface area contributed by atoms with Crippen LogP contribution in [0, 0.1) is 5.92 Å². The Morgan fingerprint density at radius 3 is 2.85 bits per heavy atom. The third-order valence-corrected chi connectivity index (χ3v) is 4.31. The molecule has 2 aliphatic carbocycles. The maximum atomic E-state index is 12.8. The Hall–Kier alpha value is -2.87. The Kier molecular flexibility index (Phi) is 8.31. The van der Waals surface area contributed by atoms with Gasteiger partial charge in [-0.15, -0.1) is 0 Å². The lowest BCUT2D eigenvalue weighted by molar-refractivity contribution is -0.111. The van der Waals surface area contributed by atoms with Gasteiger partial charge in [0.05, 0.1) is 12.2 Å². The summed E-state index contributed by atoms with van der Waals surface area (Å²) in [6, 6.07) is 0. The van der Waals surface area contributed by atoms with Gasteiger partial charge in [-0.2, -0.15) is 0 Å². The molecule has 0 fully saturated rings. The van der Waals surface area contributed by atoms with Crippen LogP contribution in [0.25, 0.3) is 0 Å². The molecule has 0 aromatic rings. The normalized spacial score (nSPS) is 18.3. The van der Waals surface area contributed by atoms with Gasteiger partial charge >= 0.3 is 0 Å². The second-order valence-corrected chi connectivity index (χ2v) is 6.30. The fourth-order valence-corrected chi connectivity index (χ4v) is 2.93. The molecule has 2 nitrogen and oxygen atoms in total. The molecule has 0 heterocycles. The molecule has 0 aliphatic heterocycles. The Morgan fingerprint density at radius 2 is 2.07 bits per heavy atom. The van der Waals surface area contributed by atoms with Crippen LogP contribution in [-0.2, 0) is 9.53 Å². The van der Waals surface area contributed by atoms with Gasteiger partial charge < -0.3 is 4.74 Å². The second kappa shape index (κ2) is 11.0. The molecule has 2 heteroatoms. The first kappa shape index (κ1) is 20.4. The van der Waals surface area contributed by atoms with Crippen LogP contribution in [0.4, 0.5) is 0 Å². The topological polar surface area (TPSA) is 26.3 Å². The third-order valence-electron chi connectivity index (χ3n) is 4.31. The highest BCUT2D eigenvalue weighted by atomic mass is 16.5. The van der Waals surface area contributed by atoms with Crippen molar-refractivity contribution in [3.63, 3.8) is 0 Å². The summed E-state index contributed by atoms with van der Waals surface area (Å²) in [5.41, 5.74) is 2.92. The standard InChI is InChI=1S/C25H28O2/c1-4-6-13-21-14-9-7-10-15-22(21)20(3)18-19-24(26)23-16-11-8-12-17-25(23)27-5-2/h4,6,8-11,13-20H,1,5,7,12H2,2-3H3/b13-6-,19-18+. The fraction of sp³-hybridized carbons (Fsp3) is 0.240. The van der Waals surface area contributed by atoms with E-state index in [1.54, 1.807) is 12.2 Å². The van der Waals surface area contributed by atoms with E-state index < -0.39 is 0 Å². The van der Waals surface area contributed by atoms with Crippen molar-refractivity contribution < 1.29 is 9.53 Å². The van der Waals surface area contributed by atoms with E-state index >= 15 is 0 Å². The molecule has 0 N–H and O–H groups in total. The van der Waals surface area contributed by atoms with Crippen molar-refractivity contribution in [3.05, 3.63) is 108 Å². The van der Waals surface area contributed by atoms with Crippen LogP contribution in [0.15, 0.2) is 108 Å². The summed E-state index contributed by atoms with van der Waals surface area (Å²) >= 11 is 0. The first-order valence-corrected chi connectivity index (χ1v) is 9.46. The lowest BCUT2D eigenvalue weighted by Gasteiger charge is -2.12. The predicted molar refractivity (Wildman–Crippen MR) is 114 cm³/mol. The van der Waals surface area contributed by atoms with Gasteiger partial charge in [-0.3, -0.25) is 4.79 Å². The molecule has 140 valence electrons. The zero-order valence-electron chi connectivity index (χ0n) is 16.2. The van der Waals surface area contributed by atoms with E-state index in [2.05, 4.69) is 43.9 Å². The minimum atomic E-state index is -0.0370. The van der Waals surface area contributed by atoms with E-state index in [0.717, 1.165) is 18.4 Å². The number of hydrogen-bond acceptors (Lipinski definition) is 2. The highest BCUT2D eigenvalue weighted by Crippen LogP contribution is 2.24. The summed E-state index contributed by atoms with van der Waals surface area (Å²) in [5.74, 6) is 0.736. The van der Waals surface area contributed by atoms with Crippen LogP contribution in [0.5, 0.6) is 0 Å². The summed E-state index contributed by atoms with van der Waals surface area (Å²) in [6.07, 6.45) is 27.3. The van der Waals surface area contributed by atoms with Crippen LogP contribution in [0.2, 0.25) is 0 Å². The molecular formula is C25H28O2. The van der Waals surface area contributed by atoms with E-state index in [-0.39, 0.29) is 11.7 Å². The van der Waals surface area contributed by atoms with E-state index in [1.165, 1.54) is 5.57 Å². The molecule has 0 saturated carbocycles. The Bertz CT molecular complexity index is 792. The number of carbonyl (C=O) groups is 1. The van der Waals surface area contributed by atoms with Crippen molar-refractivity contribution in [1.82, 2.24) is 0 Å². The van der Waals surface area contributed by atoms with Gasteiger partial charge in [0.2, 0.25) is 0 Å². The molecule has 1 unspecified atom stereocenters. The van der Waals surface area contributed by atoms with Crippen LogP contribution in [0.3, 0.4) is 0 Å². The van der Waals surface area contributed by atoms with Gasteiger partial charge in [0.1, 0.15) is 5.76 Å². The first-order valence-electron chi connectivity index (χ1n) is 9.46. The van der Waals surface area contributed by atoms with Crippen molar-refractivity contribution in [2.45, 2.75) is 26.7 Å². The number of ether oxygens (including phenoxy) is 1. The number of rotatable bonds is 8. The van der Waals surface area contributed by atoms with E-state index in [1.807, 2.05) is 43.4 Å². The monoisotopic (exact) mass is 360 g/mol. The summed E-state index contributed by atoms with van der Waals surface area (Å²) in [6.45, 7) is 8.31. The van der Waals surface area contributed by atoms with Crippen molar-refractivity contribution >= 4 is 5.78 Å². The zero-order chi connectivity index (χ0) is 19.5. The molecule has 0 radical (unpaired) electrons. The van der Waals surface area contributed by atoms with Crippen LogP contribution < -0.4 is 0 Å². The molecule has 0 aromatic carbocycles. The molecular weight excluding hydrogens is 332 g/mol. The Morgan fingerprint density at radius 1 is 1.26 bits per heavy atom. The van der Waals surface area contributed by atoms with Gasteiger partial charge in [0, 0.05) is 0 Å². The summed E-state index contributed by atoms with van der Waals surface area (Å²) in [4.78, 5) is 12.8. The molecule has 0 aromatic heterocycles. The summed E-state index contributed by atoms with van der Waals surface area (Å²) in [7, 11) is 0. The fourth-order valence-electron chi connectivity index (χ4n) is 2.93. The number of hydrogen-bond donors (Lipinski definition) is 0. The third kappa shape index (κ3) is 6.10. The lowest BCUT2D eigenvalue weighted by atomic mass is 9.94. The molecule has 0 saturated heterocycles. The van der Waals surface area contributed by atoms with Gasteiger partial charge in [-0.1, -0.05) is 74.3 Å². The quantitative estimate of drug-likeness (QED) is 0.385. The minimum Gasteiger partial charge on any atom is -0.493 e. The summed E-state index contributed by atoms with van der Waals surface area (Å²) < 4.78 is 5.65. The highest BCUT2D eigenvalue weighted by molar-refractivity contribution is 6.07. The van der Waals surface area contributed by atoms with Gasteiger partial charge in [-0.25, -0.2) is 0 Å². The second-order valence-electron chi connectivity index (χ2n) is 6.30. The predicted octanol–water partition coefficient (Wildman–Crippen LogP) is 6.11. The van der Waals surface area contributed by atoms with Crippen LogP contribution in [-0.4, -0.2) is 12.4 Å². The number of carbonyl (C=O) groups excluding carboxylic acids is 1. The molecule has 2 rings (SSSR count). The average molecular weight is 360 g/mol. The lowest BCUT2D eigenvalue weighted by Crippen LogP contribution is -2.06. The summed E-state index contributed by atoms with van der Waals surface area (Å²) in [5, 5.41) is 0. The van der Waals surface area contributed by atoms with Gasteiger partial charge in [0.25, 0.3) is 0 Å². The molecule has 27 heavy (non-hydrogen) atoms. The maximum absolute atomic E-state index is 12.8. The van der Waals surface area contributed by atoms with Crippen molar-refractivity contribution in [1.29, 1.82) is 0 Å². The van der Waals surface area contributed by atoms with Crippen molar-refractivity contribution in [2.24, 2.45) is 5.92 Å². The first-order chi connectivity index (χ1) is 13.2. The van der Waals surface area contributed by atoms with E-state index in [9.17, 15) is 4.79 Å². The van der Waals surface area contributed by atoms with E-state index in [4.69, 9.17) is 4.74 Å². The molecule has 1 atom stereocenters. The zero-order valence-corrected chi connectivity index (χ0v) is 16.2. The van der Waals surface area contributed by atoms with Gasteiger partial charge in [-0.05, 0) is 55.1 Å². The number of allylic oxidation sites excluding steroid dienone is 16. The Balaban J connectivity index is 2.23. The maximum Gasteiger partial charge on any atom is 0.189 e. The molecule has 2 aliphatic rings. The van der Waals surface area contributed by atoms with Crippen molar-refractivity contribution in [3.8, 4) is 0 Å². The van der Waals surface area contributed by atoms with Gasteiger partial charge in [0.15, 0.2) is 5.78 Å². The average Bonchev–Trinajstić information content (AvgIpc) is 3.05. The minimum absolute atomic E-state index is 0.0370. The van der Waals surface area contributed by atoms with E-state index in [0.29, 0.717) is 17.9 Å². The van der Waals surface area contributed by atoms with Crippen molar-refractivity contribution in [2.75, 3.05) is 6.61 Å². The smallest absolute Gasteiger partial charge is 0.189 e. The molecule has 0 amide bonds. The number of ketones is 1. The van der Waals surface area contributed by atoms with Crippen LogP contribution in [0.1, 0.15) is 26.7 Å². The molecule has 0 bridgehead atoms.